The molecule has 5 nitrogen and oxygen atoms in total. The lowest BCUT2D eigenvalue weighted by molar-refractivity contribution is 0.0793. The van der Waals surface area contributed by atoms with Crippen LogP contribution in [0.5, 0.6) is 5.75 Å². The summed E-state index contributed by atoms with van der Waals surface area (Å²) in [5.74, 6) is -0.213. The number of benzene rings is 1. The minimum absolute atomic E-state index is 0.131. The summed E-state index contributed by atoms with van der Waals surface area (Å²) in [6.45, 7) is 7.57. The Balaban J connectivity index is 1.90. The number of carbonyl (C=O) groups is 1. The first-order valence-corrected chi connectivity index (χ1v) is 8.38. The average Bonchev–Trinajstić information content (AvgIpc) is 2.52. The Morgan fingerprint density at radius 2 is 2.00 bits per heavy atom. The van der Waals surface area contributed by atoms with Gasteiger partial charge in [0.2, 0.25) is 0 Å². The molecule has 1 aromatic carbocycles. The number of carbonyl (C=O) groups excluding carboxylic acids is 1. The second kappa shape index (κ2) is 8.33. The van der Waals surface area contributed by atoms with Crippen LogP contribution in [-0.2, 0) is 4.74 Å². The molecule has 6 heteroatoms. The number of ether oxygens (including phenoxy) is 2. The standard InChI is InChI=1S/C18H27FN2O3/c1-18(2,3)16(12-24-15-7-5-4-6-14(15)19)21-17(22)20-13-8-10-23-11-9-13/h4-7,13,16H,8-12H2,1-3H3,(H2,20,21,22)/t16-/m1/s1. The molecule has 1 aliphatic rings. The van der Waals surface area contributed by atoms with Crippen molar-refractivity contribution in [3.05, 3.63) is 30.1 Å². The molecule has 1 atom stereocenters. The molecule has 1 fully saturated rings. The van der Waals surface area contributed by atoms with Crippen molar-refractivity contribution >= 4 is 6.03 Å². The molecule has 0 spiro atoms. The van der Waals surface area contributed by atoms with Crippen LogP contribution in [0.1, 0.15) is 33.6 Å². The van der Waals surface area contributed by atoms with E-state index >= 15 is 0 Å². The van der Waals surface area contributed by atoms with Gasteiger partial charge in [-0.25, -0.2) is 9.18 Å². The van der Waals surface area contributed by atoms with Crippen LogP contribution in [0, 0.1) is 11.2 Å². The molecule has 2 N–H and O–H groups in total. The summed E-state index contributed by atoms with van der Waals surface area (Å²) in [7, 11) is 0. The van der Waals surface area contributed by atoms with Crippen molar-refractivity contribution in [1.29, 1.82) is 0 Å². The van der Waals surface area contributed by atoms with Crippen molar-refractivity contribution in [3.63, 3.8) is 0 Å². The van der Waals surface area contributed by atoms with Gasteiger partial charge in [0.25, 0.3) is 0 Å². The van der Waals surface area contributed by atoms with E-state index in [-0.39, 0.29) is 35.9 Å². The van der Waals surface area contributed by atoms with Crippen molar-refractivity contribution < 1.29 is 18.7 Å². The van der Waals surface area contributed by atoms with Crippen molar-refractivity contribution in [2.24, 2.45) is 5.41 Å². The fourth-order valence-corrected chi connectivity index (χ4v) is 2.47. The monoisotopic (exact) mass is 338 g/mol. The molecular formula is C18H27FN2O3. The van der Waals surface area contributed by atoms with Gasteiger partial charge in [0.1, 0.15) is 6.61 Å². The summed E-state index contributed by atoms with van der Waals surface area (Å²) >= 11 is 0. The second-order valence-electron chi connectivity index (χ2n) is 7.16. The summed E-state index contributed by atoms with van der Waals surface area (Å²) in [5, 5.41) is 5.93. The largest absolute Gasteiger partial charge is 0.488 e. The number of hydrogen-bond acceptors (Lipinski definition) is 3. The van der Waals surface area contributed by atoms with Crippen LogP contribution >= 0.6 is 0 Å². The molecule has 1 aromatic rings. The van der Waals surface area contributed by atoms with E-state index in [1.165, 1.54) is 6.07 Å². The molecule has 1 heterocycles. The second-order valence-corrected chi connectivity index (χ2v) is 7.16. The highest BCUT2D eigenvalue weighted by Crippen LogP contribution is 2.22. The summed E-state index contributed by atoms with van der Waals surface area (Å²) in [4.78, 5) is 12.3. The van der Waals surface area contributed by atoms with Gasteiger partial charge in [-0.05, 0) is 30.4 Å². The van der Waals surface area contributed by atoms with Crippen LogP contribution in [0.3, 0.4) is 0 Å². The highest BCUT2D eigenvalue weighted by atomic mass is 19.1. The molecule has 0 bridgehead atoms. The molecular weight excluding hydrogens is 311 g/mol. The van der Waals surface area contributed by atoms with Gasteiger partial charge in [0, 0.05) is 19.3 Å². The maximum atomic E-state index is 13.7. The zero-order valence-electron chi connectivity index (χ0n) is 14.6. The Bertz CT molecular complexity index is 539. The van der Waals surface area contributed by atoms with Gasteiger partial charge in [0.15, 0.2) is 11.6 Å². The van der Waals surface area contributed by atoms with Crippen LogP contribution in [0.2, 0.25) is 0 Å². The molecule has 1 saturated heterocycles. The highest BCUT2D eigenvalue weighted by Gasteiger charge is 2.28. The highest BCUT2D eigenvalue weighted by molar-refractivity contribution is 5.74. The van der Waals surface area contributed by atoms with Crippen LogP contribution < -0.4 is 15.4 Å². The molecule has 1 aliphatic heterocycles. The summed E-state index contributed by atoms with van der Waals surface area (Å²) in [6.07, 6.45) is 1.64. The summed E-state index contributed by atoms with van der Waals surface area (Å²) < 4.78 is 24.5. The van der Waals surface area contributed by atoms with Crippen LogP contribution in [0.4, 0.5) is 9.18 Å². The third-order valence-corrected chi connectivity index (χ3v) is 4.15. The fraction of sp³-hybridized carbons (Fsp3) is 0.611. The molecule has 2 amide bonds. The van der Waals surface area contributed by atoms with Gasteiger partial charge in [-0.1, -0.05) is 32.9 Å². The van der Waals surface area contributed by atoms with E-state index < -0.39 is 5.82 Å². The zero-order chi connectivity index (χ0) is 17.6. The molecule has 0 saturated carbocycles. The Morgan fingerprint density at radius 3 is 2.62 bits per heavy atom. The first-order valence-electron chi connectivity index (χ1n) is 8.38. The number of amides is 2. The predicted molar refractivity (Wildman–Crippen MR) is 90.6 cm³/mol. The maximum Gasteiger partial charge on any atom is 0.315 e. The van der Waals surface area contributed by atoms with E-state index in [2.05, 4.69) is 10.6 Å². The van der Waals surface area contributed by atoms with E-state index in [0.29, 0.717) is 13.2 Å². The Morgan fingerprint density at radius 1 is 1.33 bits per heavy atom. The number of rotatable bonds is 5. The summed E-state index contributed by atoms with van der Waals surface area (Å²) in [5.41, 5.74) is -0.224. The maximum absolute atomic E-state index is 13.7. The Kier molecular flexibility index (Phi) is 6.43. The van der Waals surface area contributed by atoms with Crippen molar-refractivity contribution in [1.82, 2.24) is 10.6 Å². The molecule has 24 heavy (non-hydrogen) atoms. The average molecular weight is 338 g/mol. The minimum Gasteiger partial charge on any atom is -0.488 e. The van der Waals surface area contributed by atoms with Gasteiger partial charge in [-0.15, -0.1) is 0 Å². The first kappa shape index (κ1) is 18.5. The smallest absolute Gasteiger partial charge is 0.315 e. The topological polar surface area (TPSA) is 59.6 Å². The quantitative estimate of drug-likeness (QED) is 0.867. The first-order chi connectivity index (χ1) is 11.4. The zero-order valence-corrected chi connectivity index (χ0v) is 14.6. The normalized spacial score (nSPS) is 17.2. The van der Waals surface area contributed by atoms with Crippen molar-refractivity contribution in [2.75, 3.05) is 19.8 Å². The van der Waals surface area contributed by atoms with E-state index in [1.54, 1.807) is 18.2 Å². The number of para-hydroxylation sites is 1. The lowest BCUT2D eigenvalue weighted by Gasteiger charge is -2.32. The summed E-state index contributed by atoms with van der Waals surface area (Å²) in [6, 6.07) is 5.92. The molecule has 134 valence electrons. The van der Waals surface area contributed by atoms with Gasteiger partial charge < -0.3 is 20.1 Å². The fourth-order valence-electron chi connectivity index (χ4n) is 2.47. The number of halogens is 1. The van der Waals surface area contributed by atoms with E-state index in [9.17, 15) is 9.18 Å². The van der Waals surface area contributed by atoms with E-state index in [1.807, 2.05) is 20.8 Å². The number of nitrogens with one attached hydrogen (secondary N) is 2. The van der Waals surface area contributed by atoms with E-state index in [4.69, 9.17) is 9.47 Å². The van der Waals surface area contributed by atoms with Crippen LogP contribution in [0.15, 0.2) is 24.3 Å². The van der Waals surface area contributed by atoms with Gasteiger partial charge in [-0.3, -0.25) is 0 Å². The van der Waals surface area contributed by atoms with Crippen molar-refractivity contribution in [2.45, 2.75) is 45.7 Å². The van der Waals surface area contributed by atoms with Crippen LogP contribution in [-0.4, -0.2) is 37.9 Å². The minimum atomic E-state index is -0.406. The number of urea groups is 1. The Hall–Kier alpha value is -1.82. The predicted octanol–water partition coefficient (Wildman–Crippen LogP) is 3.10. The molecule has 2 rings (SSSR count). The molecule has 0 aliphatic carbocycles. The lowest BCUT2D eigenvalue weighted by Crippen LogP contribution is -2.53. The van der Waals surface area contributed by atoms with Crippen molar-refractivity contribution in [3.8, 4) is 5.75 Å². The third-order valence-electron chi connectivity index (χ3n) is 4.15. The Labute approximate surface area is 142 Å². The SMILES string of the molecule is CC(C)(C)[C@@H](COc1ccccc1F)NC(=O)NC1CCOCC1. The van der Waals surface area contributed by atoms with Gasteiger partial charge >= 0.3 is 6.03 Å². The third kappa shape index (κ3) is 5.67. The lowest BCUT2D eigenvalue weighted by atomic mass is 9.87. The van der Waals surface area contributed by atoms with Gasteiger partial charge in [0.05, 0.1) is 6.04 Å². The molecule has 0 radical (unpaired) electrons. The van der Waals surface area contributed by atoms with Gasteiger partial charge in [-0.2, -0.15) is 0 Å². The number of hydrogen-bond donors (Lipinski definition) is 2. The molecule has 0 aromatic heterocycles. The molecule has 0 unspecified atom stereocenters. The van der Waals surface area contributed by atoms with Crippen LogP contribution in [0.25, 0.3) is 0 Å². The van der Waals surface area contributed by atoms with E-state index in [0.717, 1.165) is 12.8 Å².